The predicted octanol–water partition coefficient (Wildman–Crippen LogP) is 6.43. The minimum Gasteiger partial charge on any atom is -0.419 e. The van der Waals surface area contributed by atoms with Crippen LogP contribution >= 0.6 is 15.9 Å². The normalized spacial score (nSPS) is 15.0. The fourth-order valence-corrected chi connectivity index (χ4v) is 4.87. The standard InChI is InChI=1S/C31H23BBrN3O3/c1-2-35-30(38)28(39-31(35)34-29-22(20-37)18-23(32)19-27(29)33)17-21-13-15-26(16-14-21)36(24-9-5-3-6-10-24)25-11-7-4-8-12-25/h3-20H,2H2,1H3/b28-17+,34-31?. The van der Waals surface area contributed by atoms with Crippen LogP contribution in [0.3, 0.4) is 0 Å². The number of hydrogen-bond donors (Lipinski definition) is 0. The van der Waals surface area contributed by atoms with Crippen LogP contribution in [0.25, 0.3) is 6.08 Å². The van der Waals surface area contributed by atoms with Crippen LogP contribution in [0.4, 0.5) is 22.7 Å². The van der Waals surface area contributed by atoms with Crippen LogP contribution in [-0.2, 0) is 9.53 Å². The highest BCUT2D eigenvalue weighted by Gasteiger charge is 2.34. The van der Waals surface area contributed by atoms with Crippen LogP contribution in [0.15, 0.2) is 112 Å². The number of aldehydes is 1. The summed E-state index contributed by atoms with van der Waals surface area (Å²) in [7, 11) is 5.85. The Bertz CT molecular complexity index is 1530. The lowest BCUT2D eigenvalue weighted by atomic mass is 9.94. The first kappa shape index (κ1) is 26.2. The summed E-state index contributed by atoms with van der Waals surface area (Å²) in [5, 5.41) is 0. The van der Waals surface area contributed by atoms with Crippen molar-refractivity contribution >= 4 is 76.3 Å². The number of carbonyl (C=O) groups is 2. The second-order valence-electron chi connectivity index (χ2n) is 8.71. The van der Waals surface area contributed by atoms with E-state index in [9.17, 15) is 9.59 Å². The van der Waals surface area contributed by atoms with E-state index in [4.69, 9.17) is 12.6 Å². The van der Waals surface area contributed by atoms with Gasteiger partial charge in [0, 0.05) is 33.6 Å². The molecule has 39 heavy (non-hydrogen) atoms. The number of likely N-dealkylation sites (N-methyl/N-ethyl adjacent to an activating group) is 1. The van der Waals surface area contributed by atoms with Crippen molar-refractivity contribution in [1.82, 2.24) is 4.90 Å². The number of aliphatic imine (C=N–C) groups is 1. The number of rotatable bonds is 7. The summed E-state index contributed by atoms with van der Waals surface area (Å²) in [6.45, 7) is 2.18. The molecule has 0 saturated carbocycles. The molecule has 1 heterocycles. The SMILES string of the molecule is [B]c1cc(Br)c(N=C2O/C(=C/c3ccc(N(c4ccccc4)c4ccccc4)cc3)C(=O)N2CC)c(C=O)c1. The lowest BCUT2D eigenvalue weighted by Crippen LogP contribution is -2.29. The van der Waals surface area contributed by atoms with Crippen LogP contribution in [0.5, 0.6) is 0 Å². The number of amidine groups is 1. The molecule has 0 bridgehead atoms. The van der Waals surface area contributed by atoms with Gasteiger partial charge in [-0.3, -0.25) is 14.5 Å². The summed E-state index contributed by atoms with van der Waals surface area (Å²) in [5.74, 6) is -0.166. The van der Waals surface area contributed by atoms with E-state index in [1.807, 2.05) is 67.6 Å². The topological polar surface area (TPSA) is 62.2 Å². The molecule has 1 fully saturated rings. The molecule has 5 rings (SSSR count). The molecule has 1 aliphatic rings. The van der Waals surface area contributed by atoms with Crippen LogP contribution in [-0.4, -0.2) is 37.5 Å². The molecule has 0 atom stereocenters. The number of nitrogens with zero attached hydrogens (tertiary/aromatic N) is 3. The minimum absolute atomic E-state index is 0.0956. The molecule has 2 radical (unpaired) electrons. The molecule has 4 aromatic carbocycles. The Morgan fingerprint density at radius 1 is 0.923 bits per heavy atom. The molecule has 1 aliphatic heterocycles. The third-order valence-corrected chi connectivity index (χ3v) is 6.74. The highest BCUT2D eigenvalue weighted by Crippen LogP contribution is 2.35. The maximum absolute atomic E-state index is 13.1. The molecule has 0 aliphatic carbocycles. The summed E-state index contributed by atoms with van der Waals surface area (Å²) in [6.07, 6.45) is 2.35. The lowest BCUT2D eigenvalue weighted by Gasteiger charge is -2.25. The fourth-order valence-electron chi connectivity index (χ4n) is 4.29. The van der Waals surface area contributed by atoms with Crippen molar-refractivity contribution in [2.45, 2.75) is 6.92 Å². The van der Waals surface area contributed by atoms with Gasteiger partial charge in [0.25, 0.3) is 5.91 Å². The van der Waals surface area contributed by atoms with E-state index in [-0.39, 0.29) is 23.3 Å². The zero-order valence-electron chi connectivity index (χ0n) is 21.1. The number of benzene rings is 4. The molecule has 0 spiro atoms. The molecule has 190 valence electrons. The van der Waals surface area contributed by atoms with Crippen LogP contribution in [0.2, 0.25) is 0 Å². The van der Waals surface area contributed by atoms with Gasteiger partial charge >= 0.3 is 6.02 Å². The average molecular weight is 576 g/mol. The van der Waals surface area contributed by atoms with Gasteiger partial charge in [0.05, 0.1) is 5.69 Å². The first-order chi connectivity index (χ1) is 19.0. The van der Waals surface area contributed by atoms with Crippen molar-refractivity contribution < 1.29 is 14.3 Å². The van der Waals surface area contributed by atoms with Crippen molar-refractivity contribution in [2.24, 2.45) is 4.99 Å². The number of para-hydroxylation sites is 2. The van der Waals surface area contributed by atoms with Crippen molar-refractivity contribution in [3.8, 4) is 0 Å². The van der Waals surface area contributed by atoms with Crippen LogP contribution < -0.4 is 10.4 Å². The molecule has 1 saturated heterocycles. The van der Waals surface area contributed by atoms with Gasteiger partial charge in [0.15, 0.2) is 12.0 Å². The van der Waals surface area contributed by atoms with Gasteiger partial charge in [-0.2, -0.15) is 4.99 Å². The molecular formula is C31H23BBrN3O3. The van der Waals surface area contributed by atoms with Crippen molar-refractivity contribution in [2.75, 3.05) is 11.4 Å². The first-order valence-electron chi connectivity index (χ1n) is 12.3. The summed E-state index contributed by atoms with van der Waals surface area (Å²) in [5.41, 5.74) is 4.89. The summed E-state index contributed by atoms with van der Waals surface area (Å²) >= 11 is 3.40. The van der Waals surface area contributed by atoms with Crippen molar-refractivity contribution in [3.63, 3.8) is 0 Å². The second-order valence-corrected chi connectivity index (χ2v) is 9.57. The molecule has 0 N–H and O–H groups in total. The second kappa shape index (κ2) is 11.5. The van der Waals surface area contributed by atoms with Gasteiger partial charge < -0.3 is 9.64 Å². The van der Waals surface area contributed by atoms with Gasteiger partial charge in [-0.05, 0) is 70.9 Å². The third-order valence-electron chi connectivity index (χ3n) is 6.13. The molecule has 0 aromatic heterocycles. The Hall–Kier alpha value is -4.43. The number of hydrogen-bond acceptors (Lipinski definition) is 5. The number of ether oxygens (including phenoxy) is 1. The molecule has 8 heteroatoms. The van der Waals surface area contributed by atoms with Crippen LogP contribution in [0, 0.1) is 0 Å². The van der Waals surface area contributed by atoms with E-state index in [0.717, 1.165) is 22.6 Å². The fraction of sp³-hybridized carbons (Fsp3) is 0.0645. The van der Waals surface area contributed by atoms with E-state index < -0.39 is 0 Å². The highest BCUT2D eigenvalue weighted by atomic mass is 79.9. The monoisotopic (exact) mass is 575 g/mol. The van der Waals surface area contributed by atoms with Gasteiger partial charge in [-0.15, -0.1) is 0 Å². The maximum Gasteiger partial charge on any atom is 0.305 e. The predicted molar refractivity (Wildman–Crippen MR) is 160 cm³/mol. The Kier molecular flexibility index (Phi) is 7.75. The van der Waals surface area contributed by atoms with Gasteiger partial charge in [0.2, 0.25) is 0 Å². The summed E-state index contributed by atoms with van der Waals surface area (Å²) in [4.78, 5) is 32.8. The smallest absolute Gasteiger partial charge is 0.305 e. The molecule has 6 nitrogen and oxygen atoms in total. The maximum atomic E-state index is 13.1. The van der Waals surface area contributed by atoms with E-state index in [0.29, 0.717) is 28.5 Å². The lowest BCUT2D eigenvalue weighted by molar-refractivity contribution is -0.122. The highest BCUT2D eigenvalue weighted by molar-refractivity contribution is 9.10. The largest absolute Gasteiger partial charge is 0.419 e. The Morgan fingerprint density at radius 2 is 1.51 bits per heavy atom. The number of carbonyl (C=O) groups excluding carboxylic acids is 2. The number of halogens is 1. The Labute approximate surface area is 236 Å². The van der Waals surface area contributed by atoms with Gasteiger partial charge in [0.1, 0.15) is 7.85 Å². The minimum atomic E-state index is -0.310. The number of amides is 1. The van der Waals surface area contributed by atoms with Gasteiger partial charge in [-0.25, -0.2) is 0 Å². The zero-order valence-corrected chi connectivity index (χ0v) is 22.7. The first-order valence-corrected chi connectivity index (χ1v) is 13.1. The van der Waals surface area contributed by atoms with Crippen molar-refractivity contribution in [1.29, 1.82) is 0 Å². The molecule has 0 unspecified atom stereocenters. The van der Waals surface area contributed by atoms with E-state index >= 15 is 0 Å². The molecule has 4 aromatic rings. The molecular weight excluding hydrogens is 553 g/mol. The third kappa shape index (κ3) is 5.56. The number of anilines is 3. The average Bonchev–Trinajstić information content (AvgIpc) is 3.25. The summed E-state index contributed by atoms with van der Waals surface area (Å²) < 4.78 is 6.42. The Morgan fingerprint density at radius 3 is 2.08 bits per heavy atom. The van der Waals surface area contributed by atoms with E-state index in [1.165, 1.54) is 11.0 Å². The quantitative estimate of drug-likeness (QED) is 0.145. The Balaban J connectivity index is 1.46. The van der Waals surface area contributed by atoms with Gasteiger partial charge in [-0.1, -0.05) is 66.1 Å². The molecule has 1 amide bonds. The zero-order chi connectivity index (χ0) is 27.4. The van der Waals surface area contributed by atoms with Crippen molar-refractivity contribution in [3.05, 3.63) is 118 Å². The van der Waals surface area contributed by atoms with E-state index in [1.54, 1.807) is 12.1 Å². The summed E-state index contributed by atoms with van der Waals surface area (Å²) in [6, 6.07) is 31.4. The van der Waals surface area contributed by atoms with Crippen LogP contribution in [0.1, 0.15) is 22.8 Å². The van der Waals surface area contributed by atoms with E-state index in [2.05, 4.69) is 50.1 Å².